The van der Waals surface area contributed by atoms with Gasteiger partial charge in [0.25, 0.3) is 10.0 Å². The maximum absolute atomic E-state index is 13.9. The number of hydrogen-bond acceptors (Lipinski definition) is 6. The topological polar surface area (TPSA) is 127 Å². The Morgan fingerprint density at radius 1 is 1.23 bits per heavy atom. The summed E-state index contributed by atoms with van der Waals surface area (Å²) in [6, 6.07) is 9.57. The van der Waals surface area contributed by atoms with Crippen molar-refractivity contribution in [3.8, 4) is 11.4 Å². The Bertz CT molecular complexity index is 1230. The second kappa shape index (κ2) is 8.96. The zero-order valence-electron chi connectivity index (χ0n) is 16.8. The van der Waals surface area contributed by atoms with Gasteiger partial charge in [-0.1, -0.05) is 11.6 Å². The van der Waals surface area contributed by atoms with Crippen molar-refractivity contribution in [1.82, 2.24) is 14.9 Å². The third-order valence-corrected chi connectivity index (χ3v) is 5.86. The van der Waals surface area contributed by atoms with E-state index in [1.165, 1.54) is 18.2 Å². The molecule has 0 saturated carbocycles. The number of hydrogen-bond donors (Lipinski definition) is 3. The van der Waals surface area contributed by atoms with Gasteiger partial charge in [0.15, 0.2) is 11.5 Å². The van der Waals surface area contributed by atoms with Crippen molar-refractivity contribution >= 4 is 38.8 Å². The molecule has 0 radical (unpaired) electrons. The number of sulfonamides is 1. The summed E-state index contributed by atoms with van der Waals surface area (Å²) in [5.74, 6) is -0.303. The first-order valence-corrected chi connectivity index (χ1v) is 10.9. The number of nitrogens with one attached hydrogen (secondary N) is 1. The van der Waals surface area contributed by atoms with E-state index < -0.39 is 20.7 Å². The molecule has 3 aromatic rings. The van der Waals surface area contributed by atoms with Crippen molar-refractivity contribution in [2.45, 2.75) is 4.90 Å². The van der Waals surface area contributed by atoms with Crippen LogP contribution in [-0.4, -0.2) is 49.6 Å². The molecule has 162 valence electrons. The van der Waals surface area contributed by atoms with Crippen LogP contribution < -0.4 is 15.9 Å². The zero-order valence-corrected chi connectivity index (χ0v) is 18.4. The van der Waals surface area contributed by atoms with Crippen molar-refractivity contribution in [2.75, 3.05) is 31.1 Å². The van der Waals surface area contributed by atoms with Crippen molar-refractivity contribution < 1.29 is 18.2 Å². The standard InChI is InChI=1S/C20H20ClFN6O2S/c1-28(2)11-17(23)15-10-25-20(26-19(15)24)12-3-6-14(7-4-12)27-31(29,30)18-9-13(21)5-8-16(18)22/h3-10,23,27H,11H2,1-2H3,(H2,24,25,26)/p+1. The van der Waals surface area contributed by atoms with Crippen molar-refractivity contribution in [1.29, 1.82) is 0 Å². The van der Waals surface area contributed by atoms with Gasteiger partial charge in [-0.3, -0.25) is 15.0 Å². The average molecular weight is 464 g/mol. The molecule has 11 heteroatoms. The fraction of sp³-hybridized carbons (Fsp3) is 0.150. The third kappa shape index (κ3) is 5.35. The molecule has 2 aromatic carbocycles. The van der Waals surface area contributed by atoms with Crippen molar-refractivity contribution in [2.24, 2.45) is 0 Å². The van der Waals surface area contributed by atoms with Crippen LogP contribution in [0, 0.1) is 5.82 Å². The molecule has 0 aliphatic rings. The molecule has 0 saturated heterocycles. The van der Waals surface area contributed by atoms with Gasteiger partial charge in [0.2, 0.25) is 0 Å². The smallest absolute Gasteiger partial charge is 0.264 e. The molecule has 0 spiro atoms. The van der Waals surface area contributed by atoms with E-state index in [0.717, 1.165) is 12.1 Å². The molecular weight excluding hydrogens is 443 g/mol. The van der Waals surface area contributed by atoms with Gasteiger partial charge < -0.3 is 5.73 Å². The van der Waals surface area contributed by atoms with E-state index in [1.807, 2.05) is 19.0 Å². The number of rotatable bonds is 7. The van der Waals surface area contributed by atoms with Gasteiger partial charge in [0, 0.05) is 22.5 Å². The lowest BCUT2D eigenvalue weighted by Gasteiger charge is -2.11. The van der Waals surface area contributed by atoms with E-state index in [4.69, 9.17) is 22.7 Å². The number of benzene rings is 2. The van der Waals surface area contributed by atoms with Crippen LogP contribution in [0.4, 0.5) is 15.9 Å². The highest BCUT2D eigenvalue weighted by Crippen LogP contribution is 2.24. The van der Waals surface area contributed by atoms with Gasteiger partial charge >= 0.3 is 0 Å². The molecule has 0 aliphatic heterocycles. The first kappa shape index (κ1) is 22.6. The van der Waals surface area contributed by atoms with Crippen LogP contribution in [0.3, 0.4) is 0 Å². The quantitative estimate of drug-likeness (QED) is 0.455. The lowest BCUT2D eigenvalue weighted by atomic mass is 10.1. The molecule has 0 amide bonds. The van der Waals surface area contributed by atoms with Crippen LogP contribution in [0.5, 0.6) is 0 Å². The molecular formula is C20H21ClFN6O2S+. The predicted octanol–water partition coefficient (Wildman–Crippen LogP) is 1.43. The molecule has 1 heterocycles. The fourth-order valence-electron chi connectivity index (χ4n) is 2.79. The number of anilines is 2. The van der Waals surface area contributed by atoms with Crippen LogP contribution in [-0.2, 0) is 10.0 Å². The molecule has 0 atom stereocenters. The first-order chi connectivity index (χ1) is 14.6. The van der Waals surface area contributed by atoms with Gasteiger partial charge in [-0.05, 0) is 56.6 Å². The lowest BCUT2D eigenvalue weighted by Crippen LogP contribution is -2.46. The number of nitrogens with two attached hydrogens (primary N) is 2. The Morgan fingerprint density at radius 2 is 1.90 bits per heavy atom. The molecule has 0 unspecified atom stereocenters. The summed E-state index contributed by atoms with van der Waals surface area (Å²) in [6.45, 7) is 0.509. The minimum atomic E-state index is -4.16. The highest BCUT2D eigenvalue weighted by atomic mass is 35.5. The maximum atomic E-state index is 13.9. The fourth-order valence-corrected chi connectivity index (χ4v) is 4.19. The maximum Gasteiger partial charge on any atom is 0.264 e. The van der Waals surface area contributed by atoms with Crippen molar-refractivity contribution in [3.05, 3.63) is 65.1 Å². The molecule has 31 heavy (non-hydrogen) atoms. The summed E-state index contributed by atoms with van der Waals surface area (Å²) >= 11 is 5.79. The highest BCUT2D eigenvalue weighted by molar-refractivity contribution is 7.92. The Hall–Kier alpha value is -3.08. The van der Waals surface area contributed by atoms with E-state index in [2.05, 4.69) is 14.7 Å². The highest BCUT2D eigenvalue weighted by Gasteiger charge is 2.20. The summed E-state index contributed by atoms with van der Waals surface area (Å²) in [5, 5.41) is 6.16. The van der Waals surface area contributed by atoms with Crippen LogP contribution in [0.2, 0.25) is 5.02 Å². The minimum Gasteiger partial charge on any atom is -0.383 e. The summed E-state index contributed by atoms with van der Waals surface area (Å²) in [7, 11) is -0.390. The normalized spacial score (nSPS) is 11.5. The van der Waals surface area contributed by atoms with Gasteiger partial charge in [-0.2, -0.15) is 0 Å². The Labute approximate surface area is 184 Å². The van der Waals surface area contributed by atoms with E-state index >= 15 is 0 Å². The predicted molar refractivity (Wildman–Crippen MR) is 119 cm³/mol. The zero-order chi connectivity index (χ0) is 22.8. The van der Waals surface area contributed by atoms with Crippen LogP contribution in [0.25, 0.3) is 11.4 Å². The molecule has 8 nitrogen and oxygen atoms in total. The molecule has 5 N–H and O–H groups in total. The van der Waals surface area contributed by atoms with Gasteiger partial charge in [-0.15, -0.1) is 0 Å². The molecule has 0 aliphatic carbocycles. The van der Waals surface area contributed by atoms with Gasteiger partial charge in [0.1, 0.15) is 22.1 Å². The summed E-state index contributed by atoms with van der Waals surface area (Å²) in [6.07, 6.45) is 1.55. The summed E-state index contributed by atoms with van der Waals surface area (Å²) in [5.41, 5.74) is 7.98. The number of aromatic nitrogens is 2. The molecule has 1 aromatic heterocycles. The number of nitrogens with zero attached hydrogens (tertiary/aromatic N) is 3. The van der Waals surface area contributed by atoms with E-state index in [0.29, 0.717) is 29.2 Å². The monoisotopic (exact) mass is 463 g/mol. The molecule has 0 fully saturated rings. The number of likely N-dealkylation sites (N-methyl/N-ethyl adjacent to an activating group) is 1. The van der Waals surface area contributed by atoms with Gasteiger partial charge in [-0.25, -0.2) is 22.8 Å². The van der Waals surface area contributed by atoms with Gasteiger partial charge in [0.05, 0.1) is 6.54 Å². The summed E-state index contributed by atoms with van der Waals surface area (Å²) < 4.78 is 41.2. The number of nitrogen functional groups attached to an aromatic ring is 1. The third-order valence-electron chi connectivity index (χ3n) is 4.23. The Morgan fingerprint density at radius 3 is 2.52 bits per heavy atom. The second-order valence-corrected chi connectivity index (χ2v) is 9.10. The molecule has 3 rings (SSSR count). The average Bonchev–Trinajstić information content (AvgIpc) is 2.69. The van der Waals surface area contributed by atoms with Crippen LogP contribution >= 0.6 is 11.6 Å². The number of halogens is 2. The minimum absolute atomic E-state index is 0.110. The van der Waals surface area contributed by atoms with E-state index in [1.54, 1.807) is 18.3 Å². The van der Waals surface area contributed by atoms with Crippen LogP contribution in [0.1, 0.15) is 5.56 Å². The van der Waals surface area contributed by atoms with E-state index in [9.17, 15) is 12.8 Å². The summed E-state index contributed by atoms with van der Waals surface area (Å²) in [4.78, 5) is 9.95. The van der Waals surface area contributed by atoms with Crippen molar-refractivity contribution in [3.63, 3.8) is 0 Å². The Balaban J connectivity index is 1.81. The largest absolute Gasteiger partial charge is 0.383 e. The van der Waals surface area contributed by atoms with Crippen LogP contribution in [0.15, 0.2) is 53.6 Å². The lowest BCUT2D eigenvalue weighted by molar-refractivity contribution is -0.115. The Kier molecular flexibility index (Phi) is 6.54. The molecule has 0 bridgehead atoms. The second-order valence-electron chi connectivity index (χ2n) is 7.01. The first-order valence-electron chi connectivity index (χ1n) is 9.04. The SMILES string of the molecule is CN(C)CC(=[NH2+])c1cnc(-c2ccc(NS(=O)(=O)c3cc(Cl)ccc3F)cc2)nc1N. The van der Waals surface area contributed by atoms with E-state index in [-0.39, 0.29) is 16.5 Å².